The number of likely N-dealkylation sites (tertiary alicyclic amines) is 1. The summed E-state index contributed by atoms with van der Waals surface area (Å²) in [5.74, 6) is 2.71. The summed E-state index contributed by atoms with van der Waals surface area (Å²) in [7, 11) is 4.71. The molecule has 0 N–H and O–H groups in total. The maximum absolute atomic E-state index is 13.3. The standard InChI is InChI=1S/C23H32N4O4/c1-6-26(7-2)22-17(23(28)27-11-9-8-10-12-27)15-24-21(25-22)16-13-18(29-3)20(31-5)19(14-16)30-4/h13-15H,6-12H2,1-5H3. The van der Waals surface area contributed by atoms with E-state index in [9.17, 15) is 4.79 Å². The first-order valence-corrected chi connectivity index (χ1v) is 10.8. The summed E-state index contributed by atoms with van der Waals surface area (Å²) in [6.45, 7) is 7.15. The van der Waals surface area contributed by atoms with E-state index >= 15 is 0 Å². The second-order valence-electron chi connectivity index (χ2n) is 7.37. The topological polar surface area (TPSA) is 77.0 Å². The van der Waals surface area contributed by atoms with Gasteiger partial charge >= 0.3 is 0 Å². The monoisotopic (exact) mass is 428 g/mol. The van der Waals surface area contributed by atoms with Gasteiger partial charge in [-0.3, -0.25) is 4.79 Å². The number of rotatable bonds is 8. The van der Waals surface area contributed by atoms with Gasteiger partial charge in [-0.15, -0.1) is 0 Å². The van der Waals surface area contributed by atoms with Crippen LogP contribution in [0.25, 0.3) is 11.4 Å². The maximum Gasteiger partial charge on any atom is 0.259 e. The van der Waals surface area contributed by atoms with Crippen LogP contribution in [0.4, 0.5) is 5.82 Å². The lowest BCUT2D eigenvalue weighted by atomic mass is 10.1. The van der Waals surface area contributed by atoms with Gasteiger partial charge in [0.1, 0.15) is 11.4 Å². The van der Waals surface area contributed by atoms with Crippen molar-refractivity contribution in [1.82, 2.24) is 14.9 Å². The number of anilines is 1. The van der Waals surface area contributed by atoms with Gasteiger partial charge < -0.3 is 24.0 Å². The van der Waals surface area contributed by atoms with Crippen LogP contribution in [0.5, 0.6) is 17.2 Å². The van der Waals surface area contributed by atoms with Crippen LogP contribution in [0, 0.1) is 0 Å². The minimum atomic E-state index is -0.00181. The van der Waals surface area contributed by atoms with Crippen molar-refractivity contribution in [3.05, 3.63) is 23.9 Å². The molecule has 8 heteroatoms. The molecule has 0 spiro atoms. The van der Waals surface area contributed by atoms with E-state index in [1.165, 1.54) is 6.42 Å². The van der Waals surface area contributed by atoms with Gasteiger partial charge in [-0.05, 0) is 45.2 Å². The minimum Gasteiger partial charge on any atom is -0.493 e. The van der Waals surface area contributed by atoms with Crippen molar-refractivity contribution in [3.63, 3.8) is 0 Å². The summed E-state index contributed by atoms with van der Waals surface area (Å²) in [5.41, 5.74) is 1.27. The first-order valence-electron chi connectivity index (χ1n) is 10.8. The number of ether oxygens (including phenoxy) is 3. The third kappa shape index (κ3) is 4.68. The lowest BCUT2D eigenvalue weighted by molar-refractivity contribution is 0.0724. The van der Waals surface area contributed by atoms with E-state index in [0.717, 1.165) is 44.6 Å². The quantitative estimate of drug-likeness (QED) is 0.635. The Kier molecular flexibility index (Phi) is 7.55. The van der Waals surface area contributed by atoms with Gasteiger partial charge in [-0.1, -0.05) is 0 Å². The fraction of sp³-hybridized carbons (Fsp3) is 0.522. The zero-order chi connectivity index (χ0) is 22.4. The predicted molar refractivity (Wildman–Crippen MR) is 120 cm³/mol. The molecule has 0 unspecified atom stereocenters. The molecule has 3 rings (SSSR count). The number of piperidine rings is 1. The zero-order valence-corrected chi connectivity index (χ0v) is 19.1. The Balaban J connectivity index is 2.09. The fourth-order valence-corrected chi connectivity index (χ4v) is 3.90. The van der Waals surface area contributed by atoms with E-state index in [1.54, 1.807) is 27.5 Å². The van der Waals surface area contributed by atoms with Crippen molar-refractivity contribution < 1.29 is 19.0 Å². The van der Waals surface area contributed by atoms with Crippen molar-refractivity contribution in [1.29, 1.82) is 0 Å². The summed E-state index contributed by atoms with van der Waals surface area (Å²) in [4.78, 5) is 26.6. The van der Waals surface area contributed by atoms with Gasteiger partial charge in [0.05, 0.1) is 21.3 Å². The molecule has 2 aromatic rings. The first-order chi connectivity index (χ1) is 15.1. The van der Waals surface area contributed by atoms with Crippen LogP contribution in [0.2, 0.25) is 0 Å². The number of amides is 1. The van der Waals surface area contributed by atoms with Crippen molar-refractivity contribution in [2.75, 3.05) is 52.4 Å². The Hall–Kier alpha value is -3.03. The summed E-state index contributed by atoms with van der Waals surface area (Å²) in [6, 6.07) is 3.63. The molecular formula is C23H32N4O4. The van der Waals surface area contributed by atoms with E-state index in [0.29, 0.717) is 34.5 Å². The van der Waals surface area contributed by atoms with Gasteiger partial charge in [0.25, 0.3) is 5.91 Å². The van der Waals surface area contributed by atoms with Gasteiger partial charge in [0.2, 0.25) is 5.75 Å². The van der Waals surface area contributed by atoms with Crippen LogP contribution >= 0.6 is 0 Å². The highest BCUT2D eigenvalue weighted by Crippen LogP contribution is 2.40. The molecule has 1 saturated heterocycles. The molecule has 8 nitrogen and oxygen atoms in total. The number of aromatic nitrogens is 2. The molecule has 0 atom stereocenters. The van der Waals surface area contributed by atoms with E-state index < -0.39 is 0 Å². The second-order valence-corrected chi connectivity index (χ2v) is 7.37. The maximum atomic E-state index is 13.3. The molecule has 1 aromatic heterocycles. The fourth-order valence-electron chi connectivity index (χ4n) is 3.90. The van der Waals surface area contributed by atoms with E-state index in [2.05, 4.69) is 23.7 Å². The zero-order valence-electron chi connectivity index (χ0n) is 19.1. The van der Waals surface area contributed by atoms with Gasteiger partial charge in [-0.25, -0.2) is 9.97 Å². The number of benzene rings is 1. The molecule has 1 amide bonds. The van der Waals surface area contributed by atoms with Crippen LogP contribution in [0.1, 0.15) is 43.5 Å². The molecule has 2 heterocycles. The van der Waals surface area contributed by atoms with E-state index in [1.807, 2.05) is 17.0 Å². The highest BCUT2D eigenvalue weighted by molar-refractivity contribution is 5.99. The SMILES string of the molecule is CCN(CC)c1nc(-c2cc(OC)c(OC)c(OC)c2)ncc1C(=O)N1CCCCC1. The number of hydrogen-bond acceptors (Lipinski definition) is 7. The third-order valence-corrected chi connectivity index (χ3v) is 5.63. The molecule has 1 aliphatic rings. The van der Waals surface area contributed by atoms with Crippen LogP contribution < -0.4 is 19.1 Å². The molecule has 168 valence electrons. The molecule has 31 heavy (non-hydrogen) atoms. The van der Waals surface area contributed by atoms with Gasteiger partial charge in [0, 0.05) is 37.9 Å². The van der Waals surface area contributed by atoms with E-state index in [-0.39, 0.29) is 5.91 Å². The van der Waals surface area contributed by atoms with Crippen molar-refractivity contribution in [2.45, 2.75) is 33.1 Å². The number of carbonyl (C=O) groups excluding carboxylic acids is 1. The lowest BCUT2D eigenvalue weighted by Crippen LogP contribution is -2.37. The molecule has 0 aliphatic carbocycles. The molecule has 1 aromatic carbocycles. The van der Waals surface area contributed by atoms with Crippen LogP contribution in [-0.2, 0) is 0 Å². The Morgan fingerprint density at radius 1 is 1.00 bits per heavy atom. The predicted octanol–water partition coefficient (Wildman–Crippen LogP) is 3.64. The van der Waals surface area contributed by atoms with Gasteiger partial charge in [0.15, 0.2) is 17.3 Å². The Morgan fingerprint density at radius 3 is 2.13 bits per heavy atom. The molecular weight excluding hydrogens is 396 g/mol. The van der Waals surface area contributed by atoms with Crippen LogP contribution in [0.3, 0.4) is 0 Å². The molecule has 1 aliphatic heterocycles. The molecule has 1 fully saturated rings. The molecule has 0 saturated carbocycles. The summed E-state index contributed by atoms with van der Waals surface area (Å²) in [5, 5.41) is 0. The summed E-state index contributed by atoms with van der Waals surface area (Å²) >= 11 is 0. The van der Waals surface area contributed by atoms with Gasteiger partial charge in [-0.2, -0.15) is 0 Å². The third-order valence-electron chi connectivity index (χ3n) is 5.63. The van der Waals surface area contributed by atoms with Crippen LogP contribution in [-0.4, -0.2) is 68.3 Å². The largest absolute Gasteiger partial charge is 0.493 e. The molecule has 0 radical (unpaired) electrons. The number of hydrogen-bond donors (Lipinski definition) is 0. The first kappa shape index (κ1) is 22.7. The average Bonchev–Trinajstić information content (AvgIpc) is 2.83. The van der Waals surface area contributed by atoms with E-state index in [4.69, 9.17) is 19.2 Å². The summed E-state index contributed by atoms with van der Waals surface area (Å²) in [6.07, 6.45) is 4.90. The average molecular weight is 429 g/mol. The Morgan fingerprint density at radius 2 is 1.61 bits per heavy atom. The Labute approximate surface area is 184 Å². The lowest BCUT2D eigenvalue weighted by Gasteiger charge is -2.29. The normalized spacial score (nSPS) is 13.6. The minimum absolute atomic E-state index is 0.00181. The van der Waals surface area contributed by atoms with Crippen molar-refractivity contribution in [2.24, 2.45) is 0 Å². The number of nitrogens with zero attached hydrogens (tertiary/aromatic N) is 4. The van der Waals surface area contributed by atoms with Crippen LogP contribution in [0.15, 0.2) is 18.3 Å². The smallest absolute Gasteiger partial charge is 0.259 e. The van der Waals surface area contributed by atoms with Crippen molar-refractivity contribution >= 4 is 11.7 Å². The summed E-state index contributed by atoms with van der Waals surface area (Å²) < 4.78 is 16.4. The molecule has 0 bridgehead atoms. The van der Waals surface area contributed by atoms with Crippen molar-refractivity contribution in [3.8, 4) is 28.6 Å². The number of carbonyl (C=O) groups is 1. The highest BCUT2D eigenvalue weighted by atomic mass is 16.5. The Bertz CT molecular complexity index is 883. The number of methoxy groups -OCH3 is 3. The highest BCUT2D eigenvalue weighted by Gasteiger charge is 2.25. The second kappa shape index (κ2) is 10.3.